The maximum Gasteiger partial charge on any atom is 0.348 e. The number of aromatic nitrogens is 2. The van der Waals surface area contributed by atoms with Gasteiger partial charge in [0.05, 0.1) is 39.3 Å². The van der Waals surface area contributed by atoms with Gasteiger partial charge in [-0.1, -0.05) is 29.3 Å². The van der Waals surface area contributed by atoms with Crippen molar-refractivity contribution in [2.24, 2.45) is 0 Å². The van der Waals surface area contributed by atoms with Gasteiger partial charge < -0.3 is 14.6 Å². The second-order valence-electron chi connectivity index (χ2n) is 7.66. The first-order valence-corrected chi connectivity index (χ1v) is 13.4. The van der Waals surface area contributed by atoms with Crippen molar-refractivity contribution in [3.8, 4) is 5.69 Å². The molecular weight excluding hydrogens is 601 g/mol. The van der Waals surface area contributed by atoms with E-state index in [2.05, 4.69) is 20.9 Å². The van der Waals surface area contributed by atoms with Crippen LogP contribution in [0.2, 0.25) is 9.36 Å². The van der Waals surface area contributed by atoms with E-state index in [1.54, 1.807) is 23.1 Å². The fourth-order valence-electron chi connectivity index (χ4n) is 3.72. The molecule has 8 nitrogen and oxygen atoms in total. The lowest BCUT2D eigenvalue weighted by Crippen LogP contribution is -2.34. The van der Waals surface area contributed by atoms with Gasteiger partial charge in [0, 0.05) is 15.9 Å². The van der Waals surface area contributed by atoms with Gasteiger partial charge in [-0.25, -0.2) is 14.2 Å². The highest BCUT2D eigenvalue weighted by atomic mass is 79.9. The van der Waals surface area contributed by atoms with Crippen molar-refractivity contribution in [2.75, 3.05) is 12.0 Å². The highest BCUT2D eigenvalue weighted by molar-refractivity contribution is 9.10. The molecule has 1 N–H and O–H groups in total. The van der Waals surface area contributed by atoms with E-state index in [4.69, 9.17) is 27.9 Å². The first kappa shape index (κ1) is 24.3. The maximum absolute atomic E-state index is 13.6. The minimum atomic E-state index is -0.746. The summed E-state index contributed by atoms with van der Waals surface area (Å²) < 4.78 is 6.31. The summed E-state index contributed by atoms with van der Waals surface area (Å²) in [6.45, 7) is 0. The van der Waals surface area contributed by atoms with Gasteiger partial charge in [0.2, 0.25) is 0 Å². The molecule has 1 aliphatic rings. The van der Waals surface area contributed by atoms with Crippen molar-refractivity contribution >= 4 is 90.3 Å². The van der Waals surface area contributed by atoms with Crippen LogP contribution < -0.4 is 16.1 Å². The minimum absolute atomic E-state index is 0.0112. The highest BCUT2D eigenvalue weighted by Gasteiger charge is 2.37. The number of carbonyl (C=O) groups excluding carboxylic acids is 2. The van der Waals surface area contributed by atoms with Crippen LogP contribution in [-0.2, 0) is 4.74 Å². The van der Waals surface area contributed by atoms with Gasteiger partial charge in [-0.3, -0.25) is 9.59 Å². The Hall–Kier alpha value is -2.44. The molecular formula is C22H14BrCl2N3O5S2. The number of fused-ring (bicyclic) bond motifs is 1. The molecule has 35 heavy (non-hydrogen) atoms. The number of hydrogen-bond acceptors (Lipinski definition) is 7. The number of nitrogens with zero attached hydrogens (tertiary/aromatic N) is 2. The molecule has 0 aliphatic heterocycles. The monoisotopic (exact) mass is 613 g/mol. The number of nitrogens with one attached hydrogen (secondary N) is 1. The number of benzene rings is 1. The van der Waals surface area contributed by atoms with Crippen LogP contribution in [0.5, 0.6) is 0 Å². The van der Waals surface area contributed by atoms with E-state index in [9.17, 15) is 19.2 Å². The summed E-state index contributed by atoms with van der Waals surface area (Å²) in [7, 11) is 1.20. The summed E-state index contributed by atoms with van der Waals surface area (Å²) in [5.41, 5.74) is -0.667. The van der Waals surface area contributed by atoms with E-state index in [-0.39, 0.29) is 42.6 Å². The lowest BCUT2D eigenvalue weighted by Gasteiger charge is -2.23. The fraction of sp³-hybridized carbons (Fsp3) is 0.182. The third-order valence-electron chi connectivity index (χ3n) is 5.47. The molecule has 0 atom stereocenters. The van der Waals surface area contributed by atoms with Gasteiger partial charge >= 0.3 is 11.7 Å². The Morgan fingerprint density at radius 1 is 1.26 bits per heavy atom. The Morgan fingerprint density at radius 3 is 2.69 bits per heavy atom. The van der Waals surface area contributed by atoms with Gasteiger partial charge in [-0.05, 0) is 47.0 Å². The Bertz CT molecular complexity index is 1640. The molecule has 0 bridgehead atoms. The third-order valence-corrected chi connectivity index (χ3v) is 9.04. The van der Waals surface area contributed by atoms with Gasteiger partial charge in [-0.2, -0.15) is 0 Å². The Balaban J connectivity index is 1.63. The number of rotatable bonds is 5. The number of H-pyrrole nitrogens is 1. The molecule has 3 heterocycles. The van der Waals surface area contributed by atoms with Crippen molar-refractivity contribution in [3.05, 3.63) is 74.1 Å². The number of carbonyl (C=O) groups is 2. The molecule has 1 saturated carbocycles. The van der Waals surface area contributed by atoms with Crippen molar-refractivity contribution in [3.63, 3.8) is 0 Å². The Labute approximate surface area is 223 Å². The van der Waals surface area contributed by atoms with Gasteiger partial charge in [-0.15, -0.1) is 22.7 Å². The molecule has 1 aliphatic carbocycles. The maximum atomic E-state index is 13.6. The molecule has 1 amide bonds. The van der Waals surface area contributed by atoms with Gasteiger partial charge in [0.15, 0.2) is 0 Å². The number of thiophene rings is 2. The molecule has 0 saturated heterocycles. The first-order chi connectivity index (χ1) is 16.7. The second-order valence-corrected chi connectivity index (χ2v) is 11.4. The molecule has 0 radical (unpaired) electrons. The topological polar surface area (TPSA) is 101 Å². The van der Waals surface area contributed by atoms with Gasteiger partial charge in [0.1, 0.15) is 9.21 Å². The van der Waals surface area contributed by atoms with E-state index in [0.29, 0.717) is 15.2 Å². The van der Waals surface area contributed by atoms with Crippen LogP contribution in [0.1, 0.15) is 32.2 Å². The summed E-state index contributed by atoms with van der Waals surface area (Å²) in [5, 5.41) is 1.91. The van der Waals surface area contributed by atoms with Gasteiger partial charge in [0.25, 0.3) is 11.5 Å². The molecule has 3 aromatic heterocycles. The quantitative estimate of drug-likeness (QED) is 0.301. The third kappa shape index (κ3) is 4.15. The predicted octanol–water partition coefficient (Wildman–Crippen LogP) is 5.47. The van der Waals surface area contributed by atoms with E-state index in [1.807, 2.05) is 0 Å². The Kier molecular flexibility index (Phi) is 6.39. The number of anilines is 1. The number of ether oxygens (including phenoxy) is 1. The number of hydrogen-bond donors (Lipinski definition) is 1. The van der Waals surface area contributed by atoms with Crippen LogP contribution in [0.4, 0.5) is 5.69 Å². The molecule has 180 valence electrons. The summed E-state index contributed by atoms with van der Waals surface area (Å²) in [4.78, 5) is 56.3. The van der Waals surface area contributed by atoms with Crippen LogP contribution in [0, 0.1) is 0 Å². The number of esters is 1. The molecule has 0 spiro atoms. The average molecular weight is 615 g/mol. The molecule has 1 aromatic carbocycles. The summed E-state index contributed by atoms with van der Waals surface area (Å²) in [5.74, 6) is -1.04. The van der Waals surface area contributed by atoms with E-state index in [1.165, 1.54) is 18.6 Å². The predicted molar refractivity (Wildman–Crippen MR) is 141 cm³/mol. The zero-order valence-corrected chi connectivity index (χ0v) is 22.5. The normalized spacial score (nSPS) is 13.3. The van der Waals surface area contributed by atoms with Crippen LogP contribution >= 0.6 is 61.8 Å². The number of amides is 1. The SMILES string of the molecule is COC(=O)c1scc2[nH]c(=O)n(-c3cc(C(=O)N(c4cccc(Br)c4Cl)C4CC4)sc3Cl)c(=O)c12. The lowest BCUT2D eigenvalue weighted by atomic mass is 10.2. The zero-order chi connectivity index (χ0) is 25.0. The van der Waals surface area contributed by atoms with Crippen molar-refractivity contribution in [1.82, 2.24) is 9.55 Å². The lowest BCUT2D eigenvalue weighted by molar-refractivity contribution is 0.0608. The average Bonchev–Trinajstić information content (AvgIpc) is 3.45. The smallest absolute Gasteiger partial charge is 0.348 e. The largest absolute Gasteiger partial charge is 0.465 e. The Morgan fingerprint density at radius 2 is 2.00 bits per heavy atom. The van der Waals surface area contributed by atoms with E-state index in [0.717, 1.165) is 40.1 Å². The van der Waals surface area contributed by atoms with E-state index >= 15 is 0 Å². The molecule has 5 rings (SSSR count). The number of aromatic amines is 1. The molecule has 13 heteroatoms. The molecule has 0 unspecified atom stereocenters. The molecule has 4 aromatic rings. The summed E-state index contributed by atoms with van der Waals surface area (Å²) in [6.07, 6.45) is 1.65. The number of methoxy groups -OCH3 is 1. The van der Waals surface area contributed by atoms with Crippen molar-refractivity contribution in [1.29, 1.82) is 0 Å². The zero-order valence-electron chi connectivity index (χ0n) is 17.8. The first-order valence-electron chi connectivity index (χ1n) is 10.1. The van der Waals surface area contributed by atoms with Crippen LogP contribution in [-0.4, -0.2) is 34.6 Å². The van der Waals surface area contributed by atoms with E-state index < -0.39 is 17.2 Å². The molecule has 1 fully saturated rings. The van der Waals surface area contributed by atoms with Crippen molar-refractivity contribution in [2.45, 2.75) is 18.9 Å². The van der Waals surface area contributed by atoms with Crippen LogP contribution in [0.25, 0.3) is 16.6 Å². The standard InChI is InChI=1S/C22H14BrCl2N3O5S2/c1-33-21(31)17-15-11(8-34-17)26-22(32)28(20(15)30)13-7-14(35-18(13)25)19(29)27(9-5-6-9)12-4-2-3-10(23)16(12)24/h2-4,7-9H,5-6H2,1H3,(H,26,32). The fourth-order valence-corrected chi connectivity index (χ4v) is 6.39. The highest BCUT2D eigenvalue weighted by Crippen LogP contribution is 2.41. The minimum Gasteiger partial charge on any atom is -0.465 e. The second kappa shape index (κ2) is 9.21. The van der Waals surface area contributed by atoms with Crippen molar-refractivity contribution < 1.29 is 14.3 Å². The summed E-state index contributed by atoms with van der Waals surface area (Å²) in [6, 6.07) is 6.71. The number of halogens is 3. The summed E-state index contributed by atoms with van der Waals surface area (Å²) >= 11 is 18.2. The van der Waals surface area contributed by atoms with Crippen LogP contribution in [0.15, 0.2) is 43.7 Å². The van der Waals surface area contributed by atoms with Crippen LogP contribution in [0.3, 0.4) is 0 Å².